The molecule has 0 atom stereocenters. The summed E-state index contributed by atoms with van der Waals surface area (Å²) in [6, 6.07) is 12.8. The second-order valence-corrected chi connectivity index (χ2v) is 5.66. The Morgan fingerprint density at radius 3 is 2.35 bits per heavy atom. The van der Waals surface area contributed by atoms with Gasteiger partial charge < -0.3 is 15.0 Å². The number of rotatable bonds is 8. The smallest absolute Gasteiger partial charge is 0.255 e. The average Bonchev–Trinajstić information content (AvgIpc) is 2.67. The lowest BCUT2D eigenvalue weighted by atomic mass is 10.2. The molecule has 2 amide bonds. The molecule has 1 N–H and O–H groups in total. The lowest BCUT2D eigenvalue weighted by Gasteiger charge is -2.19. The van der Waals surface area contributed by atoms with Gasteiger partial charge in [-0.2, -0.15) is 0 Å². The number of likely N-dealkylation sites (N-methyl/N-ethyl adjacent to an activating group) is 1. The molecule has 0 aromatic heterocycles. The van der Waals surface area contributed by atoms with E-state index in [-0.39, 0.29) is 30.8 Å². The molecule has 0 aliphatic heterocycles. The maximum absolute atomic E-state index is 13.0. The standard InChI is InChI=1S/C20H23FN2O3/c1-3-23(4-2)19(24)13-22-20(25)17-7-5-6-8-18(17)26-14-15-9-11-16(21)12-10-15/h5-12H,3-4,13-14H2,1-2H3,(H,22,25). The summed E-state index contributed by atoms with van der Waals surface area (Å²) in [5.41, 5.74) is 1.14. The lowest BCUT2D eigenvalue weighted by Crippen LogP contribution is -2.40. The fourth-order valence-corrected chi connectivity index (χ4v) is 2.46. The van der Waals surface area contributed by atoms with Gasteiger partial charge in [-0.15, -0.1) is 0 Å². The van der Waals surface area contributed by atoms with Crippen LogP contribution in [0.5, 0.6) is 5.75 Å². The molecule has 26 heavy (non-hydrogen) atoms. The highest BCUT2D eigenvalue weighted by Crippen LogP contribution is 2.19. The molecule has 0 heterocycles. The van der Waals surface area contributed by atoms with Crippen molar-refractivity contribution in [2.24, 2.45) is 0 Å². The molecule has 0 radical (unpaired) electrons. The summed E-state index contributed by atoms with van der Waals surface area (Å²) in [4.78, 5) is 26.1. The topological polar surface area (TPSA) is 58.6 Å². The van der Waals surface area contributed by atoms with Gasteiger partial charge in [0, 0.05) is 13.1 Å². The van der Waals surface area contributed by atoms with Crippen LogP contribution in [0.4, 0.5) is 4.39 Å². The Morgan fingerprint density at radius 1 is 1.04 bits per heavy atom. The van der Waals surface area contributed by atoms with Gasteiger partial charge in [0.05, 0.1) is 12.1 Å². The average molecular weight is 358 g/mol. The van der Waals surface area contributed by atoms with E-state index in [1.807, 2.05) is 13.8 Å². The molecule has 0 saturated carbocycles. The number of amides is 2. The van der Waals surface area contributed by atoms with Crippen LogP contribution in [0.15, 0.2) is 48.5 Å². The summed E-state index contributed by atoms with van der Waals surface area (Å²) in [5.74, 6) is -0.413. The third-order valence-electron chi connectivity index (χ3n) is 3.96. The molecule has 0 bridgehead atoms. The number of halogens is 1. The first kappa shape index (κ1) is 19.4. The number of carbonyl (C=O) groups excluding carboxylic acids is 2. The van der Waals surface area contributed by atoms with Crippen molar-refractivity contribution in [3.63, 3.8) is 0 Å². The van der Waals surface area contributed by atoms with Crippen molar-refractivity contribution in [2.75, 3.05) is 19.6 Å². The van der Waals surface area contributed by atoms with Gasteiger partial charge in [-0.05, 0) is 43.7 Å². The molecule has 5 nitrogen and oxygen atoms in total. The zero-order valence-electron chi connectivity index (χ0n) is 15.0. The van der Waals surface area contributed by atoms with Crippen LogP contribution in [0.3, 0.4) is 0 Å². The second-order valence-electron chi connectivity index (χ2n) is 5.66. The largest absolute Gasteiger partial charge is 0.488 e. The van der Waals surface area contributed by atoms with Gasteiger partial charge in [0.25, 0.3) is 5.91 Å². The van der Waals surface area contributed by atoms with Crippen molar-refractivity contribution < 1.29 is 18.7 Å². The van der Waals surface area contributed by atoms with E-state index < -0.39 is 0 Å². The maximum Gasteiger partial charge on any atom is 0.255 e. The fraction of sp³-hybridized carbons (Fsp3) is 0.300. The molecule has 2 rings (SSSR count). The normalized spacial score (nSPS) is 10.3. The van der Waals surface area contributed by atoms with Crippen molar-refractivity contribution in [3.8, 4) is 5.75 Å². The van der Waals surface area contributed by atoms with E-state index >= 15 is 0 Å². The highest BCUT2D eigenvalue weighted by Gasteiger charge is 2.15. The minimum atomic E-state index is -0.375. The Morgan fingerprint density at radius 2 is 1.69 bits per heavy atom. The molecule has 0 unspecified atom stereocenters. The molecule has 2 aromatic carbocycles. The number of nitrogens with zero attached hydrogens (tertiary/aromatic N) is 1. The number of ether oxygens (including phenoxy) is 1. The highest BCUT2D eigenvalue weighted by molar-refractivity contribution is 5.98. The van der Waals surface area contributed by atoms with Gasteiger partial charge in [0.2, 0.25) is 5.91 Å². The quantitative estimate of drug-likeness (QED) is 0.789. The van der Waals surface area contributed by atoms with Crippen LogP contribution in [-0.2, 0) is 11.4 Å². The van der Waals surface area contributed by atoms with Gasteiger partial charge in [-0.1, -0.05) is 24.3 Å². The molecule has 0 spiro atoms. The molecule has 0 aliphatic carbocycles. The third kappa shape index (κ3) is 5.31. The van der Waals surface area contributed by atoms with E-state index in [1.165, 1.54) is 12.1 Å². The second kappa shape index (κ2) is 9.56. The lowest BCUT2D eigenvalue weighted by molar-refractivity contribution is -0.129. The van der Waals surface area contributed by atoms with E-state index in [0.29, 0.717) is 24.4 Å². The number of benzene rings is 2. The van der Waals surface area contributed by atoms with Crippen molar-refractivity contribution in [2.45, 2.75) is 20.5 Å². The van der Waals surface area contributed by atoms with Gasteiger partial charge >= 0.3 is 0 Å². The molecular weight excluding hydrogens is 335 g/mol. The molecule has 2 aromatic rings. The number of hydrogen-bond acceptors (Lipinski definition) is 3. The molecule has 138 valence electrons. The fourth-order valence-electron chi connectivity index (χ4n) is 2.46. The maximum atomic E-state index is 13.0. The molecule has 0 saturated heterocycles. The number of para-hydroxylation sites is 1. The highest BCUT2D eigenvalue weighted by atomic mass is 19.1. The van der Waals surface area contributed by atoms with Gasteiger partial charge in [-0.3, -0.25) is 9.59 Å². The molecule has 6 heteroatoms. The van der Waals surface area contributed by atoms with Crippen LogP contribution >= 0.6 is 0 Å². The molecule has 0 fully saturated rings. The predicted octanol–water partition coefficient (Wildman–Crippen LogP) is 3.00. The Labute approximate surface area is 152 Å². The summed E-state index contributed by atoms with van der Waals surface area (Å²) in [6.07, 6.45) is 0. The van der Waals surface area contributed by atoms with E-state index in [0.717, 1.165) is 5.56 Å². The monoisotopic (exact) mass is 358 g/mol. The Hall–Kier alpha value is -2.89. The zero-order chi connectivity index (χ0) is 18.9. The van der Waals surface area contributed by atoms with E-state index in [1.54, 1.807) is 41.3 Å². The van der Waals surface area contributed by atoms with Gasteiger partial charge in [0.15, 0.2) is 0 Å². The van der Waals surface area contributed by atoms with Crippen LogP contribution in [0.2, 0.25) is 0 Å². The van der Waals surface area contributed by atoms with Crippen molar-refractivity contribution in [1.82, 2.24) is 10.2 Å². The van der Waals surface area contributed by atoms with Crippen LogP contribution in [0.25, 0.3) is 0 Å². The van der Waals surface area contributed by atoms with E-state index in [4.69, 9.17) is 4.74 Å². The summed E-state index contributed by atoms with van der Waals surface area (Å²) in [6.45, 7) is 5.13. The first-order valence-corrected chi connectivity index (χ1v) is 8.57. The van der Waals surface area contributed by atoms with Crippen molar-refractivity contribution in [3.05, 3.63) is 65.5 Å². The minimum Gasteiger partial charge on any atom is -0.488 e. The number of nitrogens with one attached hydrogen (secondary N) is 1. The van der Waals surface area contributed by atoms with Crippen molar-refractivity contribution >= 4 is 11.8 Å². The van der Waals surface area contributed by atoms with E-state index in [9.17, 15) is 14.0 Å². The van der Waals surface area contributed by atoms with E-state index in [2.05, 4.69) is 5.32 Å². The Bertz CT molecular complexity index is 743. The molecule has 0 aliphatic rings. The first-order valence-electron chi connectivity index (χ1n) is 8.57. The summed E-state index contributed by atoms with van der Waals surface area (Å²) in [7, 11) is 0. The SMILES string of the molecule is CCN(CC)C(=O)CNC(=O)c1ccccc1OCc1ccc(F)cc1. The zero-order valence-corrected chi connectivity index (χ0v) is 15.0. The minimum absolute atomic E-state index is 0.0627. The van der Waals surface area contributed by atoms with Crippen LogP contribution in [-0.4, -0.2) is 36.3 Å². The molecular formula is C20H23FN2O3. The Balaban J connectivity index is 1.99. The van der Waals surface area contributed by atoms with Crippen LogP contribution in [0, 0.1) is 5.82 Å². The Kier molecular flexibility index (Phi) is 7.14. The summed E-state index contributed by atoms with van der Waals surface area (Å²) in [5, 5.41) is 2.63. The predicted molar refractivity (Wildman–Crippen MR) is 97.4 cm³/mol. The third-order valence-corrected chi connectivity index (χ3v) is 3.96. The number of hydrogen-bond donors (Lipinski definition) is 1. The van der Waals surface area contributed by atoms with Crippen LogP contribution in [0.1, 0.15) is 29.8 Å². The van der Waals surface area contributed by atoms with Gasteiger partial charge in [-0.25, -0.2) is 4.39 Å². The first-order chi connectivity index (χ1) is 12.5. The summed E-state index contributed by atoms with van der Waals surface area (Å²) >= 11 is 0. The number of carbonyl (C=O) groups is 2. The van der Waals surface area contributed by atoms with Gasteiger partial charge in [0.1, 0.15) is 18.2 Å². The van der Waals surface area contributed by atoms with Crippen molar-refractivity contribution in [1.29, 1.82) is 0 Å². The summed E-state index contributed by atoms with van der Waals surface area (Å²) < 4.78 is 18.7. The van der Waals surface area contributed by atoms with Crippen LogP contribution < -0.4 is 10.1 Å².